The molecule has 0 heterocycles. The summed E-state index contributed by atoms with van der Waals surface area (Å²) in [4.78, 5) is 22.0. The number of alkyl carbamates (subject to hydrolysis) is 2. The van der Waals surface area contributed by atoms with Gasteiger partial charge < -0.3 is 20.1 Å². The quantitative estimate of drug-likeness (QED) is 0.742. The third-order valence-corrected chi connectivity index (χ3v) is 1.49. The van der Waals surface area contributed by atoms with E-state index in [-0.39, 0.29) is 25.3 Å². The summed E-state index contributed by atoms with van der Waals surface area (Å²) in [6, 6.07) is 0.0436. The van der Waals surface area contributed by atoms with Crippen LogP contribution in [0, 0.1) is 11.8 Å². The minimum Gasteiger partial charge on any atom is -0.436 e. The van der Waals surface area contributed by atoms with Gasteiger partial charge in [0, 0.05) is 12.1 Å². The first-order chi connectivity index (χ1) is 8.41. The number of hydrogen-bond donors (Lipinski definition) is 2. The SMILES string of the molecule is CC(C)NC(=O)OCC#CCOC(=O)NC(C)C. The van der Waals surface area contributed by atoms with Crippen LogP contribution in [0.3, 0.4) is 0 Å². The van der Waals surface area contributed by atoms with Crippen molar-refractivity contribution in [3.8, 4) is 11.8 Å². The highest BCUT2D eigenvalue weighted by atomic mass is 16.6. The molecule has 0 aromatic carbocycles. The van der Waals surface area contributed by atoms with Gasteiger partial charge in [-0.15, -0.1) is 0 Å². The largest absolute Gasteiger partial charge is 0.436 e. The van der Waals surface area contributed by atoms with Gasteiger partial charge in [0.15, 0.2) is 13.2 Å². The highest BCUT2D eigenvalue weighted by Crippen LogP contribution is 1.83. The van der Waals surface area contributed by atoms with Crippen LogP contribution in [0.5, 0.6) is 0 Å². The first-order valence-electron chi connectivity index (χ1n) is 5.74. The standard InChI is InChI=1S/C12H20N2O4/c1-9(2)13-11(15)17-7-5-6-8-18-12(16)14-10(3)4/h9-10H,7-8H2,1-4H3,(H,13,15)(H,14,16). The lowest BCUT2D eigenvalue weighted by Crippen LogP contribution is -2.31. The summed E-state index contributed by atoms with van der Waals surface area (Å²) in [5.41, 5.74) is 0. The Hall–Kier alpha value is -1.90. The predicted octanol–water partition coefficient (Wildman–Crippen LogP) is 1.26. The van der Waals surface area contributed by atoms with Crippen molar-refractivity contribution >= 4 is 12.2 Å². The summed E-state index contributed by atoms with van der Waals surface area (Å²) >= 11 is 0. The molecule has 0 fully saturated rings. The average Bonchev–Trinajstić information content (AvgIpc) is 2.20. The zero-order valence-electron chi connectivity index (χ0n) is 11.2. The molecule has 2 N–H and O–H groups in total. The monoisotopic (exact) mass is 256 g/mol. The van der Waals surface area contributed by atoms with E-state index in [0.717, 1.165) is 0 Å². The van der Waals surface area contributed by atoms with Gasteiger partial charge in [0.1, 0.15) is 0 Å². The molecule has 0 aliphatic heterocycles. The van der Waals surface area contributed by atoms with E-state index in [0.29, 0.717) is 0 Å². The molecule has 2 amide bonds. The molecular weight excluding hydrogens is 236 g/mol. The first-order valence-corrected chi connectivity index (χ1v) is 5.74. The topological polar surface area (TPSA) is 76.7 Å². The van der Waals surface area contributed by atoms with E-state index in [4.69, 9.17) is 9.47 Å². The molecule has 0 atom stereocenters. The molecule has 0 saturated carbocycles. The van der Waals surface area contributed by atoms with E-state index >= 15 is 0 Å². The van der Waals surface area contributed by atoms with Crippen LogP contribution in [-0.4, -0.2) is 37.5 Å². The zero-order valence-corrected chi connectivity index (χ0v) is 11.2. The fourth-order valence-electron chi connectivity index (χ4n) is 0.860. The molecule has 18 heavy (non-hydrogen) atoms. The smallest absolute Gasteiger partial charge is 0.408 e. The van der Waals surface area contributed by atoms with Crippen LogP contribution in [0.15, 0.2) is 0 Å². The van der Waals surface area contributed by atoms with Crippen molar-refractivity contribution in [1.82, 2.24) is 10.6 Å². The van der Waals surface area contributed by atoms with Crippen molar-refractivity contribution in [3.63, 3.8) is 0 Å². The van der Waals surface area contributed by atoms with Crippen molar-refractivity contribution in [2.24, 2.45) is 0 Å². The number of rotatable bonds is 4. The Morgan fingerprint density at radius 2 is 1.22 bits per heavy atom. The fourth-order valence-corrected chi connectivity index (χ4v) is 0.860. The van der Waals surface area contributed by atoms with Crippen molar-refractivity contribution in [2.45, 2.75) is 39.8 Å². The van der Waals surface area contributed by atoms with E-state index in [1.807, 2.05) is 27.7 Å². The van der Waals surface area contributed by atoms with Crippen molar-refractivity contribution in [2.75, 3.05) is 13.2 Å². The van der Waals surface area contributed by atoms with E-state index in [1.54, 1.807) is 0 Å². The maximum Gasteiger partial charge on any atom is 0.408 e. The molecule has 0 radical (unpaired) electrons. The third kappa shape index (κ3) is 10.6. The maximum atomic E-state index is 11.0. The molecule has 0 saturated heterocycles. The normalized spacial score (nSPS) is 9.44. The third-order valence-electron chi connectivity index (χ3n) is 1.49. The van der Waals surface area contributed by atoms with Crippen molar-refractivity contribution < 1.29 is 19.1 Å². The number of carbonyl (C=O) groups is 2. The second-order valence-corrected chi connectivity index (χ2v) is 4.10. The molecule has 6 nitrogen and oxygen atoms in total. The minimum atomic E-state index is -0.516. The van der Waals surface area contributed by atoms with Crippen LogP contribution in [0.2, 0.25) is 0 Å². The molecular formula is C12H20N2O4. The molecule has 0 aliphatic carbocycles. The van der Waals surface area contributed by atoms with Gasteiger partial charge in [-0.3, -0.25) is 0 Å². The summed E-state index contributed by atoms with van der Waals surface area (Å²) in [5, 5.41) is 5.10. The molecule has 0 rings (SSSR count). The summed E-state index contributed by atoms with van der Waals surface area (Å²) in [5.74, 6) is 5.12. The summed E-state index contributed by atoms with van der Waals surface area (Å²) in [7, 11) is 0. The second kappa shape index (κ2) is 9.16. The van der Waals surface area contributed by atoms with Crippen LogP contribution in [0.1, 0.15) is 27.7 Å². The molecule has 6 heteroatoms. The molecule has 0 spiro atoms. The van der Waals surface area contributed by atoms with E-state index in [2.05, 4.69) is 22.5 Å². The molecule has 0 unspecified atom stereocenters. The Morgan fingerprint density at radius 1 is 0.889 bits per heavy atom. The Morgan fingerprint density at radius 3 is 1.50 bits per heavy atom. The van der Waals surface area contributed by atoms with Gasteiger partial charge in [-0.25, -0.2) is 9.59 Å². The van der Waals surface area contributed by atoms with E-state index in [1.165, 1.54) is 0 Å². The van der Waals surface area contributed by atoms with E-state index in [9.17, 15) is 9.59 Å². The summed E-state index contributed by atoms with van der Waals surface area (Å²) in [6.45, 7) is 7.24. The van der Waals surface area contributed by atoms with Crippen LogP contribution in [0.25, 0.3) is 0 Å². The maximum absolute atomic E-state index is 11.0. The van der Waals surface area contributed by atoms with Crippen LogP contribution < -0.4 is 10.6 Å². The van der Waals surface area contributed by atoms with Gasteiger partial charge in [-0.1, -0.05) is 11.8 Å². The predicted molar refractivity (Wildman–Crippen MR) is 67.0 cm³/mol. The lowest BCUT2D eigenvalue weighted by Gasteiger charge is -2.07. The minimum absolute atomic E-state index is 0.0218. The fraction of sp³-hybridized carbons (Fsp3) is 0.667. The van der Waals surface area contributed by atoms with Crippen LogP contribution in [-0.2, 0) is 9.47 Å². The Balaban J connectivity index is 3.61. The second-order valence-electron chi connectivity index (χ2n) is 4.10. The Kier molecular flexibility index (Phi) is 8.20. The number of nitrogens with one attached hydrogen (secondary N) is 2. The number of carbonyl (C=O) groups excluding carboxylic acids is 2. The van der Waals surface area contributed by atoms with Crippen molar-refractivity contribution in [1.29, 1.82) is 0 Å². The van der Waals surface area contributed by atoms with Gasteiger partial charge in [-0.05, 0) is 27.7 Å². The van der Waals surface area contributed by atoms with Crippen LogP contribution >= 0.6 is 0 Å². The van der Waals surface area contributed by atoms with E-state index < -0.39 is 12.2 Å². The highest BCUT2D eigenvalue weighted by molar-refractivity contribution is 5.68. The van der Waals surface area contributed by atoms with Crippen LogP contribution in [0.4, 0.5) is 9.59 Å². The average molecular weight is 256 g/mol. The molecule has 102 valence electrons. The Bertz CT molecular complexity index is 299. The molecule has 0 aliphatic rings. The zero-order chi connectivity index (χ0) is 14.0. The van der Waals surface area contributed by atoms with Crippen molar-refractivity contribution in [3.05, 3.63) is 0 Å². The molecule has 0 aromatic rings. The highest BCUT2D eigenvalue weighted by Gasteiger charge is 2.02. The molecule has 0 aromatic heterocycles. The van der Waals surface area contributed by atoms with Gasteiger partial charge in [0.25, 0.3) is 0 Å². The van der Waals surface area contributed by atoms with Gasteiger partial charge in [0.05, 0.1) is 0 Å². The lowest BCUT2D eigenvalue weighted by molar-refractivity contribution is 0.154. The number of ether oxygens (including phenoxy) is 2. The van der Waals surface area contributed by atoms with Gasteiger partial charge in [0.2, 0.25) is 0 Å². The van der Waals surface area contributed by atoms with Gasteiger partial charge in [-0.2, -0.15) is 0 Å². The Labute approximate surface area is 107 Å². The summed E-state index contributed by atoms with van der Waals surface area (Å²) < 4.78 is 9.49. The molecule has 0 bridgehead atoms. The summed E-state index contributed by atoms with van der Waals surface area (Å²) in [6.07, 6.45) is -1.03. The number of amides is 2. The number of hydrogen-bond acceptors (Lipinski definition) is 4. The first kappa shape index (κ1) is 16.1. The lowest BCUT2D eigenvalue weighted by atomic mass is 10.4. The van der Waals surface area contributed by atoms with Gasteiger partial charge >= 0.3 is 12.2 Å².